The molecule has 2 atom stereocenters. The lowest BCUT2D eigenvalue weighted by Crippen LogP contribution is -2.50. The van der Waals surface area contributed by atoms with Crippen LogP contribution in [0.4, 0.5) is 10.5 Å². The Labute approximate surface area is 221 Å². The molecule has 0 radical (unpaired) electrons. The summed E-state index contributed by atoms with van der Waals surface area (Å²) in [4.78, 5) is 31.7. The second-order valence-electron chi connectivity index (χ2n) is 9.77. The van der Waals surface area contributed by atoms with Crippen LogP contribution in [0.15, 0.2) is 47.8 Å². The molecule has 0 spiro atoms. The minimum atomic E-state index is -0.680. The molecular weight excluding hydrogens is 488 g/mol. The highest BCUT2D eigenvalue weighted by atomic mass is 32.1. The van der Waals surface area contributed by atoms with Crippen molar-refractivity contribution in [3.63, 3.8) is 0 Å². The number of para-hydroxylation sites is 1. The molecule has 1 aromatic heterocycles. The molecule has 2 aromatic carbocycles. The molecule has 4 rings (SSSR count). The predicted molar refractivity (Wildman–Crippen MR) is 146 cm³/mol. The summed E-state index contributed by atoms with van der Waals surface area (Å²) in [6.07, 6.45) is 0. The molecule has 0 saturated carbocycles. The molecule has 6 N–H and O–H groups in total. The summed E-state index contributed by atoms with van der Waals surface area (Å²) in [6.45, 7) is 8.44. The number of rotatable bonds is 8. The minimum absolute atomic E-state index is 0.224. The standard InChI is InChI=1S/C27H34N6O3S/c1-16-14-33(13-12-30-16)23-19(6-5-7-20(23)24(28)34)22(32-26(29)35)25-31-21(15-37-25)27(2,3)17-8-10-18(36-4)11-9-17/h5-11,15-16,22,30H,12-14H2,1-4H3,(H2,28,34)(H3,29,32,35). The zero-order chi connectivity index (χ0) is 26.7. The number of nitrogens with two attached hydrogens (primary N) is 2. The highest BCUT2D eigenvalue weighted by Crippen LogP contribution is 2.38. The van der Waals surface area contributed by atoms with Crippen LogP contribution < -0.4 is 31.7 Å². The van der Waals surface area contributed by atoms with Crippen molar-refractivity contribution in [3.05, 3.63) is 75.2 Å². The number of nitrogens with one attached hydrogen (secondary N) is 2. The number of hydrogen-bond donors (Lipinski definition) is 4. The summed E-state index contributed by atoms with van der Waals surface area (Å²) in [7, 11) is 1.64. The van der Waals surface area contributed by atoms with E-state index in [9.17, 15) is 9.59 Å². The lowest BCUT2D eigenvalue weighted by Gasteiger charge is -2.36. The number of hydrogen-bond acceptors (Lipinski definition) is 7. The summed E-state index contributed by atoms with van der Waals surface area (Å²) in [5, 5.41) is 8.95. The van der Waals surface area contributed by atoms with Crippen molar-refractivity contribution in [2.45, 2.75) is 38.3 Å². The Morgan fingerprint density at radius 2 is 1.95 bits per heavy atom. The van der Waals surface area contributed by atoms with Crippen molar-refractivity contribution in [1.29, 1.82) is 0 Å². The van der Waals surface area contributed by atoms with E-state index in [0.717, 1.165) is 29.1 Å². The average molecular weight is 523 g/mol. The predicted octanol–water partition coefficient (Wildman–Crippen LogP) is 3.13. The molecule has 1 aliphatic heterocycles. The minimum Gasteiger partial charge on any atom is -0.497 e. The maximum atomic E-state index is 12.5. The van der Waals surface area contributed by atoms with E-state index in [-0.39, 0.29) is 6.04 Å². The number of carbonyl (C=O) groups is 2. The molecule has 1 saturated heterocycles. The van der Waals surface area contributed by atoms with Gasteiger partial charge in [-0.3, -0.25) is 4.79 Å². The third-order valence-corrected chi connectivity index (χ3v) is 7.75. The smallest absolute Gasteiger partial charge is 0.313 e. The lowest BCUT2D eigenvalue weighted by atomic mass is 9.82. The summed E-state index contributed by atoms with van der Waals surface area (Å²) >= 11 is 1.44. The number of carbonyl (C=O) groups excluding carboxylic acids is 2. The topological polar surface area (TPSA) is 136 Å². The van der Waals surface area contributed by atoms with Crippen molar-refractivity contribution >= 4 is 29.0 Å². The molecular formula is C27H34N6O3S. The van der Waals surface area contributed by atoms with Gasteiger partial charge in [0.25, 0.3) is 5.91 Å². The van der Waals surface area contributed by atoms with Gasteiger partial charge < -0.3 is 31.7 Å². The quantitative estimate of drug-likeness (QED) is 0.359. The molecule has 10 heteroatoms. The van der Waals surface area contributed by atoms with Crippen LogP contribution >= 0.6 is 11.3 Å². The van der Waals surface area contributed by atoms with Gasteiger partial charge in [-0.25, -0.2) is 9.78 Å². The Balaban J connectivity index is 1.79. The number of benzene rings is 2. The van der Waals surface area contributed by atoms with Crippen LogP contribution in [-0.2, 0) is 5.41 Å². The van der Waals surface area contributed by atoms with Gasteiger partial charge in [0.15, 0.2) is 0 Å². The van der Waals surface area contributed by atoms with E-state index in [1.165, 1.54) is 11.3 Å². The molecule has 2 unspecified atom stereocenters. The van der Waals surface area contributed by atoms with Gasteiger partial charge in [0.1, 0.15) is 16.8 Å². The Kier molecular flexibility index (Phi) is 7.70. The van der Waals surface area contributed by atoms with Crippen LogP contribution in [0.3, 0.4) is 0 Å². The van der Waals surface area contributed by atoms with Crippen molar-refractivity contribution in [2.75, 3.05) is 31.6 Å². The van der Waals surface area contributed by atoms with E-state index in [1.807, 2.05) is 35.7 Å². The third kappa shape index (κ3) is 5.55. The lowest BCUT2D eigenvalue weighted by molar-refractivity contribution is 0.100. The molecule has 37 heavy (non-hydrogen) atoms. The first-order chi connectivity index (χ1) is 17.6. The normalized spacial score (nSPS) is 16.8. The maximum absolute atomic E-state index is 12.5. The largest absolute Gasteiger partial charge is 0.497 e. The SMILES string of the molecule is COc1ccc(C(C)(C)c2csc(C(NC(N)=O)c3cccc(C(N)=O)c3N3CCNC(C)C3)n2)cc1. The number of amides is 3. The monoisotopic (exact) mass is 522 g/mol. The van der Waals surface area contributed by atoms with Crippen LogP contribution in [0.5, 0.6) is 5.75 Å². The van der Waals surface area contributed by atoms with E-state index in [2.05, 4.69) is 36.3 Å². The molecule has 2 heterocycles. The molecule has 0 bridgehead atoms. The maximum Gasteiger partial charge on any atom is 0.313 e. The molecule has 1 aliphatic rings. The fraction of sp³-hybridized carbons (Fsp3) is 0.370. The molecule has 3 aromatic rings. The van der Waals surface area contributed by atoms with Gasteiger partial charge >= 0.3 is 6.03 Å². The van der Waals surface area contributed by atoms with Crippen LogP contribution in [0.2, 0.25) is 0 Å². The highest BCUT2D eigenvalue weighted by molar-refractivity contribution is 7.09. The second-order valence-corrected chi connectivity index (χ2v) is 10.7. The number of primary amides is 2. The van der Waals surface area contributed by atoms with Gasteiger partial charge in [0.05, 0.1) is 24.1 Å². The summed E-state index contributed by atoms with van der Waals surface area (Å²) in [6, 6.07) is 12.2. The van der Waals surface area contributed by atoms with Crippen molar-refractivity contribution in [1.82, 2.24) is 15.6 Å². The van der Waals surface area contributed by atoms with E-state index in [4.69, 9.17) is 21.2 Å². The number of ether oxygens (including phenoxy) is 1. The summed E-state index contributed by atoms with van der Waals surface area (Å²) in [5.41, 5.74) is 14.8. The molecule has 3 amide bonds. The van der Waals surface area contributed by atoms with Gasteiger partial charge in [-0.2, -0.15) is 0 Å². The first kappa shape index (κ1) is 26.4. The molecule has 0 aliphatic carbocycles. The Morgan fingerprint density at radius 1 is 1.22 bits per heavy atom. The van der Waals surface area contributed by atoms with Crippen LogP contribution in [-0.4, -0.2) is 49.7 Å². The van der Waals surface area contributed by atoms with Crippen molar-refractivity contribution < 1.29 is 14.3 Å². The average Bonchev–Trinajstić information content (AvgIpc) is 3.38. The van der Waals surface area contributed by atoms with Gasteiger partial charge in [0.2, 0.25) is 0 Å². The van der Waals surface area contributed by atoms with Gasteiger partial charge in [-0.1, -0.05) is 38.1 Å². The van der Waals surface area contributed by atoms with E-state index < -0.39 is 23.4 Å². The van der Waals surface area contributed by atoms with Crippen molar-refractivity contribution in [2.24, 2.45) is 11.5 Å². The van der Waals surface area contributed by atoms with E-state index in [0.29, 0.717) is 29.3 Å². The van der Waals surface area contributed by atoms with E-state index in [1.54, 1.807) is 19.2 Å². The number of thiazole rings is 1. The number of nitrogens with zero attached hydrogens (tertiary/aromatic N) is 2. The summed E-state index contributed by atoms with van der Waals surface area (Å²) in [5.74, 6) is 0.259. The number of anilines is 1. The van der Waals surface area contributed by atoms with Gasteiger partial charge in [-0.05, 0) is 30.7 Å². The number of methoxy groups -OCH3 is 1. The Bertz CT molecular complexity index is 1270. The van der Waals surface area contributed by atoms with Gasteiger partial charge in [-0.15, -0.1) is 11.3 Å². The zero-order valence-corrected chi connectivity index (χ0v) is 22.4. The van der Waals surface area contributed by atoms with Gasteiger partial charge in [0, 0.05) is 42.0 Å². The second kappa shape index (κ2) is 10.8. The Hall–Kier alpha value is -3.63. The first-order valence-electron chi connectivity index (χ1n) is 12.2. The Morgan fingerprint density at radius 3 is 2.57 bits per heavy atom. The molecule has 9 nitrogen and oxygen atoms in total. The number of aromatic nitrogens is 1. The first-order valence-corrected chi connectivity index (χ1v) is 13.1. The highest BCUT2D eigenvalue weighted by Gasteiger charge is 2.32. The zero-order valence-electron chi connectivity index (χ0n) is 21.6. The van der Waals surface area contributed by atoms with Crippen LogP contribution in [0, 0.1) is 0 Å². The number of piperazine rings is 1. The molecule has 196 valence electrons. The number of urea groups is 1. The van der Waals surface area contributed by atoms with Crippen molar-refractivity contribution in [3.8, 4) is 5.75 Å². The van der Waals surface area contributed by atoms with Crippen LogP contribution in [0.25, 0.3) is 0 Å². The molecule has 1 fully saturated rings. The fourth-order valence-electron chi connectivity index (χ4n) is 4.76. The van der Waals surface area contributed by atoms with Crippen LogP contribution in [0.1, 0.15) is 59.0 Å². The third-order valence-electron chi connectivity index (χ3n) is 6.84. The fourth-order valence-corrected chi connectivity index (χ4v) is 5.81. The van der Waals surface area contributed by atoms with E-state index >= 15 is 0 Å². The summed E-state index contributed by atoms with van der Waals surface area (Å²) < 4.78 is 5.30.